The van der Waals surface area contributed by atoms with Crippen LogP contribution in [0.3, 0.4) is 0 Å². The van der Waals surface area contributed by atoms with Crippen LogP contribution in [0.5, 0.6) is 0 Å². The van der Waals surface area contributed by atoms with Gasteiger partial charge in [-0.3, -0.25) is 4.90 Å². The molecule has 1 aliphatic rings. The molecule has 1 aliphatic heterocycles. The van der Waals surface area contributed by atoms with Crippen LogP contribution in [-0.4, -0.2) is 42.7 Å². The number of rotatable bonds is 5. The lowest BCUT2D eigenvalue weighted by Crippen LogP contribution is -2.41. The van der Waals surface area contributed by atoms with E-state index < -0.39 is 11.1 Å². The Morgan fingerprint density at radius 3 is 2.72 bits per heavy atom. The zero-order chi connectivity index (χ0) is 17.9. The number of ether oxygens (including phenoxy) is 1. The maximum atomic E-state index is 12.7. The number of halogens is 4. The standard InChI is InChI=1S/C16H17ClF3N3OS/c17-12-3-1-2-11(8-12)13(23-4-6-24-7-5-23)9-21-15-22-10-14(25-15)16(18,19)20/h1-3,8,10,13H,4-7,9H2,(H,21,22). The van der Waals surface area contributed by atoms with Gasteiger partial charge in [0.15, 0.2) is 5.13 Å². The van der Waals surface area contributed by atoms with Crippen molar-refractivity contribution in [1.82, 2.24) is 9.88 Å². The second kappa shape index (κ2) is 7.90. The molecule has 1 saturated heterocycles. The Bertz CT molecular complexity index is 704. The van der Waals surface area contributed by atoms with Crippen LogP contribution >= 0.6 is 22.9 Å². The molecule has 1 fully saturated rings. The van der Waals surface area contributed by atoms with Crippen LogP contribution in [-0.2, 0) is 10.9 Å². The lowest BCUT2D eigenvalue weighted by Gasteiger charge is -2.35. The molecule has 4 nitrogen and oxygen atoms in total. The van der Waals surface area contributed by atoms with Crippen molar-refractivity contribution in [2.75, 3.05) is 38.2 Å². The summed E-state index contributed by atoms with van der Waals surface area (Å²) in [6.45, 7) is 3.21. The summed E-state index contributed by atoms with van der Waals surface area (Å²) >= 11 is 6.71. The minimum atomic E-state index is -4.37. The number of nitrogens with one attached hydrogen (secondary N) is 1. The highest BCUT2D eigenvalue weighted by Gasteiger charge is 2.33. The van der Waals surface area contributed by atoms with Crippen molar-refractivity contribution in [3.63, 3.8) is 0 Å². The highest BCUT2D eigenvalue weighted by Crippen LogP contribution is 2.35. The monoisotopic (exact) mass is 391 g/mol. The first kappa shape index (κ1) is 18.4. The molecule has 2 heterocycles. The van der Waals surface area contributed by atoms with E-state index in [2.05, 4.69) is 15.2 Å². The van der Waals surface area contributed by atoms with Crippen LogP contribution in [0.2, 0.25) is 5.02 Å². The minimum Gasteiger partial charge on any atom is -0.379 e. The van der Waals surface area contributed by atoms with Crippen LogP contribution in [0.1, 0.15) is 16.5 Å². The Hall–Kier alpha value is -1.35. The lowest BCUT2D eigenvalue weighted by atomic mass is 10.0. The van der Waals surface area contributed by atoms with Crippen LogP contribution in [0.15, 0.2) is 30.5 Å². The van der Waals surface area contributed by atoms with Crippen LogP contribution in [0.4, 0.5) is 18.3 Å². The number of hydrogen-bond acceptors (Lipinski definition) is 5. The summed E-state index contributed by atoms with van der Waals surface area (Å²) in [6, 6.07) is 7.49. The summed E-state index contributed by atoms with van der Waals surface area (Å²) in [6.07, 6.45) is -3.51. The highest BCUT2D eigenvalue weighted by atomic mass is 35.5. The summed E-state index contributed by atoms with van der Waals surface area (Å²) in [4.78, 5) is 5.36. The average Bonchev–Trinajstić information content (AvgIpc) is 3.05. The molecule has 0 amide bonds. The quantitative estimate of drug-likeness (QED) is 0.824. The fraction of sp³-hybridized carbons (Fsp3) is 0.438. The van der Waals surface area contributed by atoms with E-state index in [0.717, 1.165) is 24.8 Å². The average molecular weight is 392 g/mol. The van der Waals surface area contributed by atoms with Gasteiger partial charge in [0.2, 0.25) is 0 Å². The summed E-state index contributed by atoms with van der Waals surface area (Å²) < 4.78 is 43.5. The second-order valence-electron chi connectivity index (χ2n) is 5.63. The van der Waals surface area contributed by atoms with E-state index in [0.29, 0.717) is 36.1 Å². The van der Waals surface area contributed by atoms with E-state index in [1.165, 1.54) is 0 Å². The number of thiazole rings is 1. The van der Waals surface area contributed by atoms with E-state index in [1.54, 1.807) is 6.07 Å². The Labute approximate surface area is 152 Å². The topological polar surface area (TPSA) is 37.4 Å². The highest BCUT2D eigenvalue weighted by molar-refractivity contribution is 7.15. The molecule has 1 N–H and O–H groups in total. The normalized spacial score (nSPS) is 17.4. The van der Waals surface area contributed by atoms with Gasteiger partial charge in [-0.25, -0.2) is 4.98 Å². The molecule has 1 unspecified atom stereocenters. The van der Waals surface area contributed by atoms with Gasteiger partial charge in [0, 0.05) is 24.7 Å². The SMILES string of the molecule is FC(F)(F)c1cnc(NCC(c2cccc(Cl)c2)N2CCOCC2)s1. The van der Waals surface area contributed by atoms with Gasteiger partial charge in [0.1, 0.15) is 4.88 Å². The number of benzene rings is 1. The third-order valence-electron chi connectivity index (χ3n) is 3.95. The largest absolute Gasteiger partial charge is 0.427 e. The van der Waals surface area contributed by atoms with Crippen molar-refractivity contribution in [2.24, 2.45) is 0 Å². The smallest absolute Gasteiger partial charge is 0.379 e. The Morgan fingerprint density at radius 1 is 1.32 bits per heavy atom. The zero-order valence-corrected chi connectivity index (χ0v) is 14.8. The zero-order valence-electron chi connectivity index (χ0n) is 13.2. The molecule has 2 aromatic rings. The molecule has 0 saturated carbocycles. The van der Waals surface area contributed by atoms with Gasteiger partial charge in [-0.15, -0.1) is 0 Å². The molecule has 0 aliphatic carbocycles. The molecule has 0 bridgehead atoms. The minimum absolute atomic E-state index is 0.0270. The predicted octanol–water partition coefficient (Wildman–Crippen LogP) is 4.30. The molecular formula is C16H17ClF3N3OS. The molecule has 1 atom stereocenters. The maximum Gasteiger partial charge on any atom is 0.427 e. The maximum absolute atomic E-state index is 12.7. The fourth-order valence-corrected chi connectivity index (χ4v) is 3.62. The molecule has 3 rings (SSSR count). The van der Waals surface area contributed by atoms with E-state index >= 15 is 0 Å². The summed E-state index contributed by atoms with van der Waals surface area (Å²) in [5.41, 5.74) is 1.01. The second-order valence-corrected chi connectivity index (χ2v) is 7.09. The molecule has 25 heavy (non-hydrogen) atoms. The molecule has 0 spiro atoms. The number of alkyl halides is 3. The summed E-state index contributed by atoms with van der Waals surface area (Å²) in [5, 5.41) is 3.92. The van der Waals surface area contributed by atoms with Gasteiger partial charge >= 0.3 is 6.18 Å². The molecule has 1 aromatic carbocycles. The van der Waals surface area contributed by atoms with Gasteiger partial charge in [-0.05, 0) is 17.7 Å². The van der Waals surface area contributed by atoms with Crippen molar-refractivity contribution in [3.05, 3.63) is 45.9 Å². The van der Waals surface area contributed by atoms with Crippen molar-refractivity contribution >= 4 is 28.1 Å². The van der Waals surface area contributed by atoms with Crippen LogP contribution in [0, 0.1) is 0 Å². The fourth-order valence-electron chi connectivity index (χ4n) is 2.73. The number of hydrogen-bond donors (Lipinski definition) is 1. The molecule has 9 heteroatoms. The van der Waals surface area contributed by atoms with Crippen LogP contribution in [0.25, 0.3) is 0 Å². The molecular weight excluding hydrogens is 375 g/mol. The summed E-state index contributed by atoms with van der Waals surface area (Å²) in [7, 11) is 0. The molecule has 0 radical (unpaired) electrons. The number of nitrogens with zero attached hydrogens (tertiary/aromatic N) is 2. The Balaban J connectivity index is 1.74. The van der Waals surface area contributed by atoms with Gasteiger partial charge in [-0.1, -0.05) is 35.1 Å². The van der Waals surface area contributed by atoms with Crippen molar-refractivity contribution < 1.29 is 17.9 Å². The van der Waals surface area contributed by atoms with Gasteiger partial charge in [-0.2, -0.15) is 13.2 Å². The van der Waals surface area contributed by atoms with Crippen LogP contribution < -0.4 is 5.32 Å². The number of aromatic nitrogens is 1. The van der Waals surface area contributed by atoms with E-state index in [-0.39, 0.29) is 11.2 Å². The number of anilines is 1. The van der Waals surface area contributed by atoms with Gasteiger partial charge in [0.05, 0.1) is 25.5 Å². The van der Waals surface area contributed by atoms with Crippen molar-refractivity contribution in [2.45, 2.75) is 12.2 Å². The Kier molecular flexibility index (Phi) is 5.83. The van der Waals surface area contributed by atoms with E-state index in [4.69, 9.17) is 16.3 Å². The van der Waals surface area contributed by atoms with Gasteiger partial charge < -0.3 is 10.1 Å². The van der Waals surface area contributed by atoms with Crippen molar-refractivity contribution in [1.29, 1.82) is 0 Å². The lowest BCUT2D eigenvalue weighted by molar-refractivity contribution is -0.134. The molecule has 1 aromatic heterocycles. The first-order chi connectivity index (χ1) is 11.9. The third-order valence-corrected chi connectivity index (χ3v) is 5.19. The number of morpholine rings is 1. The van der Waals surface area contributed by atoms with Crippen molar-refractivity contribution in [3.8, 4) is 0 Å². The van der Waals surface area contributed by atoms with E-state index in [1.807, 2.05) is 18.2 Å². The predicted molar refractivity (Wildman–Crippen MR) is 92.2 cm³/mol. The molecule has 136 valence electrons. The third kappa shape index (κ3) is 4.84. The van der Waals surface area contributed by atoms with Gasteiger partial charge in [0.25, 0.3) is 0 Å². The first-order valence-electron chi connectivity index (χ1n) is 7.77. The van der Waals surface area contributed by atoms with E-state index in [9.17, 15) is 13.2 Å². The first-order valence-corrected chi connectivity index (χ1v) is 8.97. The Morgan fingerprint density at radius 2 is 2.08 bits per heavy atom. The summed E-state index contributed by atoms with van der Waals surface area (Å²) in [5.74, 6) is 0.